The van der Waals surface area contributed by atoms with Gasteiger partial charge >= 0.3 is 0 Å². The van der Waals surface area contributed by atoms with E-state index in [1.54, 1.807) is 11.3 Å². The first kappa shape index (κ1) is 13.1. The molecule has 0 aliphatic rings. The van der Waals surface area contributed by atoms with Gasteiger partial charge in [0, 0.05) is 36.6 Å². The molecule has 0 saturated heterocycles. The zero-order valence-electron chi connectivity index (χ0n) is 10.0. The Hall–Kier alpha value is -0.940. The number of aromatic nitrogens is 1. The predicted molar refractivity (Wildman–Crippen MR) is 66.5 cm³/mol. The lowest BCUT2D eigenvalue weighted by atomic mass is 10.3. The van der Waals surface area contributed by atoms with Gasteiger partial charge in [-0.15, -0.1) is 11.3 Å². The number of carbonyl (C=O) groups is 1. The highest BCUT2D eigenvalue weighted by atomic mass is 32.1. The van der Waals surface area contributed by atoms with Gasteiger partial charge in [-0.25, -0.2) is 4.98 Å². The molecule has 0 aliphatic heterocycles. The third kappa shape index (κ3) is 5.23. The van der Waals surface area contributed by atoms with Gasteiger partial charge in [-0.2, -0.15) is 0 Å². The Morgan fingerprint density at radius 3 is 2.88 bits per heavy atom. The van der Waals surface area contributed by atoms with Crippen LogP contribution < -0.4 is 10.6 Å². The predicted octanol–water partition coefficient (Wildman–Crippen LogP) is 1.46. The molecule has 0 fully saturated rings. The van der Waals surface area contributed by atoms with Crippen molar-refractivity contribution in [3.8, 4) is 0 Å². The maximum absolute atomic E-state index is 11.3. The molecule has 0 radical (unpaired) electrons. The van der Waals surface area contributed by atoms with Gasteiger partial charge in [-0.1, -0.05) is 0 Å². The SMILES string of the molecule is Cc1csc(CNCCC(=O)NC(C)C)n1. The van der Waals surface area contributed by atoms with E-state index >= 15 is 0 Å². The van der Waals surface area contributed by atoms with Gasteiger partial charge in [0.25, 0.3) is 0 Å². The van der Waals surface area contributed by atoms with Crippen LogP contribution >= 0.6 is 11.3 Å². The van der Waals surface area contributed by atoms with E-state index in [1.165, 1.54) is 0 Å². The Labute approximate surface area is 100 Å². The molecule has 0 saturated carbocycles. The van der Waals surface area contributed by atoms with E-state index in [-0.39, 0.29) is 11.9 Å². The lowest BCUT2D eigenvalue weighted by Crippen LogP contribution is -2.32. The number of carbonyl (C=O) groups excluding carboxylic acids is 1. The van der Waals surface area contributed by atoms with E-state index in [4.69, 9.17) is 0 Å². The van der Waals surface area contributed by atoms with Crippen LogP contribution in [0.5, 0.6) is 0 Å². The number of amides is 1. The summed E-state index contributed by atoms with van der Waals surface area (Å²) in [7, 11) is 0. The minimum absolute atomic E-state index is 0.0952. The van der Waals surface area contributed by atoms with Crippen LogP contribution in [0.1, 0.15) is 31.0 Å². The molecule has 0 spiro atoms. The summed E-state index contributed by atoms with van der Waals surface area (Å²) in [6.07, 6.45) is 0.516. The van der Waals surface area contributed by atoms with E-state index in [0.29, 0.717) is 13.0 Å². The average molecular weight is 241 g/mol. The zero-order chi connectivity index (χ0) is 12.0. The molecule has 5 heteroatoms. The average Bonchev–Trinajstić information content (AvgIpc) is 2.58. The second-order valence-electron chi connectivity index (χ2n) is 4.03. The molecule has 0 aliphatic carbocycles. The fourth-order valence-corrected chi connectivity index (χ4v) is 2.02. The highest BCUT2D eigenvalue weighted by Gasteiger charge is 2.03. The number of hydrogen-bond donors (Lipinski definition) is 2. The smallest absolute Gasteiger partial charge is 0.221 e. The quantitative estimate of drug-likeness (QED) is 0.741. The van der Waals surface area contributed by atoms with Crippen LogP contribution in [-0.2, 0) is 11.3 Å². The topological polar surface area (TPSA) is 54.0 Å². The molecule has 1 aromatic heterocycles. The van der Waals surface area contributed by atoms with Crippen LogP contribution in [0.4, 0.5) is 0 Å². The molecule has 1 heterocycles. The number of hydrogen-bond acceptors (Lipinski definition) is 4. The molecule has 1 amide bonds. The molecule has 1 aromatic rings. The molecule has 4 nitrogen and oxygen atoms in total. The van der Waals surface area contributed by atoms with E-state index in [2.05, 4.69) is 15.6 Å². The Balaban J connectivity index is 2.10. The normalized spacial score (nSPS) is 10.8. The monoisotopic (exact) mass is 241 g/mol. The van der Waals surface area contributed by atoms with Crippen molar-refractivity contribution in [3.63, 3.8) is 0 Å². The summed E-state index contributed by atoms with van der Waals surface area (Å²) in [5, 5.41) is 9.16. The summed E-state index contributed by atoms with van der Waals surface area (Å²) in [6, 6.07) is 0.217. The van der Waals surface area contributed by atoms with Crippen LogP contribution in [0, 0.1) is 6.92 Å². The van der Waals surface area contributed by atoms with Crippen molar-refractivity contribution < 1.29 is 4.79 Å². The first-order valence-electron chi connectivity index (χ1n) is 5.49. The number of nitrogens with zero attached hydrogens (tertiary/aromatic N) is 1. The minimum atomic E-state index is 0.0952. The standard InChI is InChI=1S/C11H19N3OS/c1-8(2)13-10(15)4-5-12-6-11-14-9(3)7-16-11/h7-8,12H,4-6H2,1-3H3,(H,13,15). The zero-order valence-corrected chi connectivity index (χ0v) is 10.9. The number of rotatable bonds is 6. The first-order chi connectivity index (χ1) is 7.58. The molecule has 0 atom stereocenters. The van der Waals surface area contributed by atoms with Crippen molar-refractivity contribution in [2.45, 2.75) is 39.8 Å². The maximum Gasteiger partial charge on any atom is 0.221 e. The third-order valence-electron chi connectivity index (χ3n) is 1.92. The van der Waals surface area contributed by atoms with E-state index in [0.717, 1.165) is 17.2 Å². The summed E-state index contributed by atoms with van der Waals surface area (Å²) in [5.74, 6) is 0.0952. The third-order valence-corrected chi connectivity index (χ3v) is 2.89. The number of thiazole rings is 1. The van der Waals surface area contributed by atoms with Crippen LogP contribution in [0.2, 0.25) is 0 Å². The maximum atomic E-state index is 11.3. The van der Waals surface area contributed by atoms with E-state index < -0.39 is 0 Å². The molecule has 0 unspecified atom stereocenters. The van der Waals surface area contributed by atoms with Crippen LogP contribution in [0.3, 0.4) is 0 Å². The number of aryl methyl sites for hydroxylation is 1. The van der Waals surface area contributed by atoms with Gasteiger partial charge in [0.15, 0.2) is 0 Å². The van der Waals surface area contributed by atoms with Crippen LogP contribution in [0.15, 0.2) is 5.38 Å². The molecular weight excluding hydrogens is 222 g/mol. The first-order valence-corrected chi connectivity index (χ1v) is 6.37. The van der Waals surface area contributed by atoms with Crippen molar-refractivity contribution >= 4 is 17.2 Å². The molecule has 0 bridgehead atoms. The molecule has 16 heavy (non-hydrogen) atoms. The molecule has 2 N–H and O–H groups in total. The molecule has 0 aromatic carbocycles. The highest BCUT2D eigenvalue weighted by molar-refractivity contribution is 7.09. The van der Waals surface area contributed by atoms with Crippen molar-refractivity contribution in [3.05, 3.63) is 16.1 Å². The van der Waals surface area contributed by atoms with Gasteiger partial charge in [-0.3, -0.25) is 4.79 Å². The van der Waals surface area contributed by atoms with Gasteiger partial charge in [0.2, 0.25) is 5.91 Å². The van der Waals surface area contributed by atoms with E-state index in [9.17, 15) is 4.79 Å². The van der Waals surface area contributed by atoms with Crippen molar-refractivity contribution in [2.75, 3.05) is 6.54 Å². The Morgan fingerprint density at radius 2 is 2.31 bits per heavy atom. The van der Waals surface area contributed by atoms with Gasteiger partial charge in [0.1, 0.15) is 5.01 Å². The lowest BCUT2D eigenvalue weighted by molar-refractivity contribution is -0.121. The summed E-state index contributed by atoms with van der Waals surface area (Å²) >= 11 is 1.64. The fraction of sp³-hybridized carbons (Fsp3) is 0.636. The second kappa shape index (κ2) is 6.60. The second-order valence-corrected chi connectivity index (χ2v) is 4.97. The van der Waals surface area contributed by atoms with Crippen LogP contribution in [0.25, 0.3) is 0 Å². The lowest BCUT2D eigenvalue weighted by Gasteiger charge is -2.08. The van der Waals surface area contributed by atoms with Crippen molar-refractivity contribution in [1.29, 1.82) is 0 Å². The van der Waals surface area contributed by atoms with Crippen LogP contribution in [-0.4, -0.2) is 23.5 Å². The fourth-order valence-electron chi connectivity index (χ4n) is 1.28. The summed E-state index contributed by atoms with van der Waals surface area (Å²) in [5.41, 5.74) is 1.05. The minimum Gasteiger partial charge on any atom is -0.354 e. The summed E-state index contributed by atoms with van der Waals surface area (Å²) in [6.45, 7) is 7.34. The Bertz CT molecular complexity index is 336. The summed E-state index contributed by atoms with van der Waals surface area (Å²) < 4.78 is 0. The van der Waals surface area contributed by atoms with E-state index in [1.807, 2.05) is 26.2 Å². The Morgan fingerprint density at radius 1 is 1.56 bits per heavy atom. The highest BCUT2D eigenvalue weighted by Crippen LogP contribution is 2.07. The van der Waals surface area contributed by atoms with Gasteiger partial charge in [0.05, 0.1) is 0 Å². The number of nitrogens with one attached hydrogen (secondary N) is 2. The largest absolute Gasteiger partial charge is 0.354 e. The van der Waals surface area contributed by atoms with Crippen molar-refractivity contribution in [2.24, 2.45) is 0 Å². The molecule has 90 valence electrons. The summed E-state index contributed by atoms with van der Waals surface area (Å²) in [4.78, 5) is 15.6. The van der Waals surface area contributed by atoms with Crippen molar-refractivity contribution in [1.82, 2.24) is 15.6 Å². The van der Waals surface area contributed by atoms with Gasteiger partial charge in [-0.05, 0) is 20.8 Å². The Kier molecular flexibility index (Phi) is 5.42. The molecular formula is C11H19N3OS. The van der Waals surface area contributed by atoms with Gasteiger partial charge < -0.3 is 10.6 Å². The molecule has 1 rings (SSSR count).